The maximum atomic E-state index is 13.0. The lowest BCUT2D eigenvalue weighted by atomic mass is 10.1. The first-order chi connectivity index (χ1) is 14.5. The van der Waals surface area contributed by atoms with Crippen LogP contribution in [0.15, 0.2) is 51.9 Å². The second-order valence-corrected chi connectivity index (χ2v) is 7.65. The van der Waals surface area contributed by atoms with Gasteiger partial charge in [0.05, 0.1) is 18.9 Å². The summed E-state index contributed by atoms with van der Waals surface area (Å²) in [6.07, 6.45) is 2.05. The van der Waals surface area contributed by atoms with Gasteiger partial charge in [0.25, 0.3) is 5.91 Å². The lowest BCUT2D eigenvalue weighted by Crippen LogP contribution is -2.34. The summed E-state index contributed by atoms with van der Waals surface area (Å²) in [6, 6.07) is 13.4. The first-order valence-corrected chi connectivity index (χ1v) is 10.2. The van der Waals surface area contributed by atoms with E-state index in [1.807, 2.05) is 44.2 Å². The summed E-state index contributed by atoms with van der Waals surface area (Å²) >= 11 is 0. The van der Waals surface area contributed by atoms with E-state index < -0.39 is 0 Å². The van der Waals surface area contributed by atoms with Crippen LogP contribution >= 0.6 is 0 Å². The van der Waals surface area contributed by atoms with E-state index >= 15 is 0 Å². The molecule has 0 saturated carbocycles. The van der Waals surface area contributed by atoms with Gasteiger partial charge in [0.1, 0.15) is 5.56 Å². The van der Waals surface area contributed by atoms with Gasteiger partial charge in [-0.3, -0.25) is 4.79 Å². The lowest BCUT2D eigenvalue weighted by Gasteiger charge is -2.12. The standard InChI is InChI=1S/C24H26N2O4/c1-15-10-16(2)12-18(11-15)26-24-20(23(27)25-14-19-7-5-9-29-19)13-17-6-4-8-21(28-3)22(17)30-24/h4,6,8,10-13,19H,5,7,9,14H2,1-3H3,(H,25,27)/t19-/m0/s1. The Morgan fingerprint density at radius 3 is 2.70 bits per heavy atom. The van der Waals surface area contributed by atoms with Crippen LogP contribution in [-0.2, 0) is 4.74 Å². The second kappa shape index (κ2) is 8.71. The number of hydrogen-bond donors (Lipinski definition) is 1. The monoisotopic (exact) mass is 406 g/mol. The van der Waals surface area contributed by atoms with E-state index in [-0.39, 0.29) is 17.6 Å². The van der Waals surface area contributed by atoms with Crippen molar-refractivity contribution < 1.29 is 18.7 Å². The average molecular weight is 406 g/mol. The number of aryl methyl sites for hydroxylation is 2. The van der Waals surface area contributed by atoms with Gasteiger partial charge >= 0.3 is 0 Å². The number of para-hydroxylation sites is 1. The van der Waals surface area contributed by atoms with Crippen LogP contribution < -0.4 is 15.6 Å². The Hall–Kier alpha value is -3.12. The van der Waals surface area contributed by atoms with E-state index in [1.165, 1.54) is 0 Å². The first-order valence-electron chi connectivity index (χ1n) is 10.2. The van der Waals surface area contributed by atoms with Crippen LogP contribution in [0.2, 0.25) is 0 Å². The molecule has 0 aliphatic carbocycles. The third-order valence-electron chi connectivity index (χ3n) is 5.15. The number of benzene rings is 2. The first kappa shape index (κ1) is 20.2. The van der Waals surface area contributed by atoms with Gasteiger partial charge in [-0.15, -0.1) is 0 Å². The summed E-state index contributed by atoms with van der Waals surface area (Å²) in [5, 5.41) is 3.74. The number of ether oxygens (including phenoxy) is 2. The molecule has 156 valence electrons. The van der Waals surface area contributed by atoms with E-state index in [0.29, 0.717) is 23.4 Å². The molecule has 1 aliphatic rings. The molecule has 1 fully saturated rings. The van der Waals surface area contributed by atoms with Crippen LogP contribution in [0.5, 0.6) is 5.75 Å². The molecule has 6 nitrogen and oxygen atoms in total. The number of carbonyl (C=O) groups is 1. The van der Waals surface area contributed by atoms with E-state index in [1.54, 1.807) is 13.2 Å². The van der Waals surface area contributed by atoms with Gasteiger partial charge < -0.3 is 19.2 Å². The minimum absolute atomic E-state index is 0.0613. The Morgan fingerprint density at radius 1 is 1.20 bits per heavy atom. The third kappa shape index (κ3) is 4.39. The highest BCUT2D eigenvalue weighted by Gasteiger charge is 2.19. The van der Waals surface area contributed by atoms with Crippen LogP contribution in [0.3, 0.4) is 0 Å². The minimum Gasteiger partial charge on any atom is -0.493 e. The Balaban J connectivity index is 1.81. The van der Waals surface area contributed by atoms with Gasteiger partial charge in [0.15, 0.2) is 11.3 Å². The second-order valence-electron chi connectivity index (χ2n) is 7.65. The van der Waals surface area contributed by atoms with Gasteiger partial charge in [-0.1, -0.05) is 18.2 Å². The molecule has 1 atom stereocenters. The summed E-state index contributed by atoms with van der Waals surface area (Å²) in [6.45, 7) is 5.25. The molecule has 0 unspecified atom stereocenters. The molecule has 1 saturated heterocycles. The number of fused-ring (bicyclic) bond motifs is 1. The fraction of sp³-hybridized carbons (Fsp3) is 0.333. The molecule has 0 radical (unpaired) electrons. The molecule has 0 spiro atoms. The number of amides is 1. The topological polar surface area (TPSA) is 73.1 Å². The Bertz CT molecular complexity index is 1120. The molecular weight excluding hydrogens is 380 g/mol. The fourth-order valence-corrected chi connectivity index (χ4v) is 3.77. The van der Waals surface area contributed by atoms with Gasteiger partial charge in [-0.2, -0.15) is 0 Å². The molecule has 4 rings (SSSR count). The maximum absolute atomic E-state index is 13.0. The summed E-state index contributed by atoms with van der Waals surface area (Å²) < 4.78 is 17.2. The van der Waals surface area contributed by atoms with E-state index in [0.717, 1.165) is 41.6 Å². The van der Waals surface area contributed by atoms with Crippen molar-refractivity contribution >= 4 is 22.6 Å². The molecule has 1 aromatic heterocycles. The van der Waals surface area contributed by atoms with Crippen molar-refractivity contribution in [3.05, 3.63) is 64.7 Å². The highest BCUT2D eigenvalue weighted by Crippen LogP contribution is 2.25. The van der Waals surface area contributed by atoms with E-state index in [4.69, 9.17) is 13.9 Å². The summed E-state index contributed by atoms with van der Waals surface area (Å²) in [7, 11) is 1.59. The Labute approximate surface area is 175 Å². The summed E-state index contributed by atoms with van der Waals surface area (Å²) in [5.74, 6) is 0.359. The number of methoxy groups -OCH3 is 1. The van der Waals surface area contributed by atoms with Gasteiger partial charge in [-0.05, 0) is 62.1 Å². The smallest absolute Gasteiger partial charge is 0.256 e. The third-order valence-corrected chi connectivity index (χ3v) is 5.15. The molecule has 2 aromatic carbocycles. The molecule has 6 heteroatoms. The predicted octanol–water partition coefficient (Wildman–Crippen LogP) is 4.20. The normalized spacial score (nSPS) is 16.8. The van der Waals surface area contributed by atoms with Crippen LogP contribution in [-0.4, -0.2) is 32.3 Å². The van der Waals surface area contributed by atoms with Crippen LogP contribution in [0.25, 0.3) is 11.0 Å². The zero-order valence-corrected chi connectivity index (χ0v) is 17.5. The Morgan fingerprint density at radius 2 is 2.00 bits per heavy atom. The van der Waals surface area contributed by atoms with Crippen molar-refractivity contribution in [3.8, 4) is 5.75 Å². The van der Waals surface area contributed by atoms with Crippen molar-refractivity contribution in [3.63, 3.8) is 0 Å². The van der Waals surface area contributed by atoms with Crippen LogP contribution in [0.1, 0.15) is 34.3 Å². The van der Waals surface area contributed by atoms with Crippen molar-refractivity contribution in [2.75, 3.05) is 20.3 Å². The van der Waals surface area contributed by atoms with Crippen molar-refractivity contribution in [2.24, 2.45) is 4.99 Å². The molecule has 0 bridgehead atoms. The van der Waals surface area contributed by atoms with Crippen LogP contribution in [0, 0.1) is 13.8 Å². The number of rotatable bonds is 5. The molecule has 1 aliphatic heterocycles. The maximum Gasteiger partial charge on any atom is 0.256 e. The van der Waals surface area contributed by atoms with Gasteiger partial charge in [0.2, 0.25) is 5.55 Å². The quantitative estimate of drug-likeness (QED) is 0.689. The highest BCUT2D eigenvalue weighted by molar-refractivity contribution is 5.97. The zero-order chi connectivity index (χ0) is 21.1. The molecule has 30 heavy (non-hydrogen) atoms. The zero-order valence-electron chi connectivity index (χ0n) is 17.5. The van der Waals surface area contributed by atoms with E-state index in [9.17, 15) is 4.79 Å². The molecular formula is C24H26N2O4. The molecule has 2 heterocycles. The molecule has 3 aromatic rings. The summed E-state index contributed by atoms with van der Waals surface area (Å²) in [4.78, 5) is 17.7. The average Bonchev–Trinajstić information content (AvgIpc) is 3.24. The minimum atomic E-state index is -0.234. The number of hydrogen-bond acceptors (Lipinski definition) is 5. The fourth-order valence-electron chi connectivity index (χ4n) is 3.77. The number of nitrogens with zero attached hydrogens (tertiary/aromatic N) is 1. The van der Waals surface area contributed by atoms with Crippen molar-refractivity contribution in [1.82, 2.24) is 5.32 Å². The van der Waals surface area contributed by atoms with Crippen molar-refractivity contribution in [2.45, 2.75) is 32.8 Å². The summed E-state index contributed by atoms with van der Waals surface area (Å²) in [5.41, 5.74) is 4.11. The Kier molecular flexibility index (Phi) is 5.86. The molecule has 1 amide bonds. The van der Waals surface area contributed by atoms with Crippen molar-refractivity contribution in [1.29, 1.82) is 0 Å². The van der Waals surface area contributed by atoms with Crippen LogP contribution in [0.4, 0.5) is 5.69 Å². The highest BCUT2D eigenvalue weighted by atomic mass is 16.5. The van der Waals surface area contributed by atoms with Gasteiger partial charge in [-0.25, -0.2) is 4.99 Å². The van der Waals surface area contributed by atoms with Gasteiger partial charge in [0, 0.05) is 18.5 Å². The van der Waals surface area contributed by atoms with E-state index in [2.05, 4.69) is 16.4 Å². The lowest BCUT2D eigenvalue weighted by molar-refractivity contribution is 0.0854. The largest absolute Gasteiger partial charge is 0.493 e. The predicted molar refractivity (Wildman–Crippen MR) is 115 cm³/mol. The number of nitrogens with one attached hydrogen (secondary N) is 1. The number of carbonyl (C=O) groups excluding carboxylic acids is 1. The molecule has 1 N–H and O–H groups in total. The SMILES string of the molecule is COc1cccc2cc(C(=O)NC[C@@H]3CCCO3)c(=Nc3cc(C)cc(C)c3)oc12.